The zero-order valence-corrected chi connectivity index (χ0v) is 7.08. The van der Waals surface area contributed by atoms with Crippen molar-refractivity contribution in [2.75, 3.05) is 0 Å². The van der Waals surface area contributed by atoms with Crippen molar-refractivity contribution in [1.29, 1.82) is 0 Å². The number of aliphatic imine (C=N–C) groups is 1. The van der Waals surface area contributed by atoms with E-state index in [9.17, 15) is 4.79 Å². The molecule has 0 fully saturated rings. The Bertz CT molecular complexity index is 193. The molecule has 11 heavy (non-hydrogen) atoms. The summed E-state index contributed by atoms with van der Waals surface area (Å²) >= 11 is 5.76. The number of hydrogen-bond acceptors (Lipinski definition) is 2. The van der Waals surface area contributed by atoms with Gasteiger partial charge in [-0.15, -0.1) is 11.6 Å². The molecule has 0 aliphatic carbocycles. The van der Waals surface area contributed by atoms with Gasteiger partial charge in [0, 0.05) is 6.21 Å². The van der Waals surface area contributed by atoms with Crippen LogP contribution in [0, 0.1) is 5.92 Å². The third kappa shape index (κ3) is 1.93. The predicted molar refractivity (Wildman–Crippen MR) is 44.9 cm³/mol. The number of rotatable bonds is 1. The molecule has 0 bridgehead atoms. The highest BCUT2D eigenvalue weighted by molar-refractivity contribution is 6.28. The van der Waals surface area contributed by atoms with Crippen LogP contribution in [0.2, 0.25) is 0 Å². The summed E-state index contributed by atoms with van der Waals surface area (Å²) in [6.45, 7) is 1.87. The average Bonchev–Trinajstić information content (AvgIpc) is 1.94. The number of carbonyl (C=O) groups excluding carboxylic acids is 1. The van der Waals surface area contributed by atoms with E-state index in [1.165, 1.54) is 0 Å². The third-order valence-electron chi connectivity index (χ3n) is 1.91. The van der Waals surface area contributed by atoms with E-state index in [0.29, 0.717) is 6.42 Å². The molecule has 1 rings (SSSR count). The fraction of sp³-hybridized carbons (Fsp3) is 0.714. The molecular weight excluding hydrogens is 164 g/mol. The SMILES string of the molecule is CC1N=CC(Cl)CC1C(N)=O. The number of carbonyl (C=O) groups is 1. The minimum atomic E-state index is -0.306. The van der Waals surface area contributed by atoms with Gasteiger partial charge in [-0.25, -0.2) is 0 Å². The summed E-state index contributed by atoms with van der Waals surface area (Å²) in [5, 5.41) is -0.135. The molecular formula is C7H11ClN2O. The minimum absolute atomic E-state index is 0.0116. The zero-order chi connectivity index (χ0) is 8.43. The van der Waals surface area contributed by atoms with Crippen molar-refractivity contribution in [3.8, 4) is 0 Å². The van der Waals surface area contributed by atoms with E-state index >= 15 is 0 Å². The van der Waals surface area contributed by atoms with Gasteiger partial charge in [-0.05, 0) is 13.3 Å². The van der Waals surface area contributed by atoms with Gasteiger partial charge >= 0.3 is 0 Å². The minimum Gasteiger partial charge on any atom is -0.369 e. The number of amides is 1. The molecule has 1 aliphatic rings. The van der Waals surface area contributed by atoms with Crippen LogP contribution in [0.5, 0.6) is 0 Å². The third-order valence-corrected chi connectivity index (χ3v) is 2.20. The Hall–Kier alpha value is -0.570. The van der Waals surface area contributed by atoms with Crippen LogP contribution >= 0.6 is 11.6 Å². The van der Waals surface area contributed by atoms with E-state index in [0.717, 1.165) is 0 Å². The summed E-state index contributed by atoms with van der Waals surface area (Å²) in [5.41, 5.74) is 5.15. The maximum Gasteiger partial charge on any atom is 0.222 e. The van der Waals surface area contributed by atoms with Crippen LogP contribution in [0.3, 0.4) is 0 Å². The number of nitrogens with zero attached hydrogens (tertiary/aromatic N) is 1. The monoisotopic (exact) mass is 174 g/mol. The molecule has 0 radical (unpaired) electrons. The molecule has 3 nitrogen and oxygen atoms in total. The molecule has 0 aromatic carbocycles. The second kappa shape index (κ2) is 3.22. The van der Waals surface area contributed by atoms with Gasteiger partial charge in [-0.2, -0.15) is 0 Å². The lowest BCUT2D eigenvalue weighted by molar-refractivity contribution is -0.122. The van der Waals surface area contributed by atoms with Crippen LogP contribution < -0.4 is 5.73 Å². The normalized spacial score (nSPS) is 37.1. The topological polar surface area (TPSA) is 55.4 Å². The molecule has 0 aromatic rings. The Balaban J connectivity index is 2.68. The van der Waals surface area contributed by atoms with Crippen molar-refractivity contribution in [3.05, 3.63) is 0 Å². The van der Waals surface area contributed by atoms with Crippen molar-refractivity contribution < 1.29 is 4.79 Å². The number of halogens is 1. The molecule has 3 unspecified atom stereocenters. The molecule has 0 aromatic heterocycles. The fourth-order valence-corrected chi connectivity index (χ4v) is 1.44. The van der Waals surface area contributed by atoms with E-state index < -0.39 is 0 Å². The summed E-state index contributed by atoms with van der Waals surface area (Å²) in [7, 11) is 0. The van der Waals surface area contributed by atoms with Crippen LogP contribution in [0.25, 0.3) is 0 Å². The van der Waals surface area contributed by atoms with Gasteiger partial charge in [0.05, 0.1) is 17.3 Å². The summed E-state index contributed by atoms with van der Waals surface area (Å²) < 4.78 is 0. The largest absolute Gasteiger partial charge is 0.369 e. The van der Waals surface area contributed by atoms with Crippen LogP contribution in [-0.4, -0.2) is 23.5 Å². The first-order valence-electron chi connectivity index (χ1n) is 3.58. The number of hydrogen-bond donors (Lipinski definition) is 1. The first-order chi connectivity index (χ1) is 5.11. The molecule has 0 saturated heterocycles. The standard InChI is InChI=1S/C7H11ClN2O/c1-4-6(7(9)11)2-5(8)3-10-4/h3-6H,2H2,1H3,(H2,9,11). The molecule has 1 aliphatic heterocycles. The second-order valence-corrected chi connectivity index (χ2v) is 3.36. The Morgan fingerprint density at radius 1 is 1.82 bits per heavy atom. The number of nitrogens with two attached hydrogens (primary N) is 1. The van der Waals surface area contributed by atoms with Gasteiger partial charge in [0.15, 0.2) is 0 Å². The quantitative estimate of drug-likeness (QED) is 0.581. The average molecular weight is 175 g/mol. The smallest absolute Gasteiger partial charge is 0.222 e. The first-order valence-corrected chi connectivity index (χ1v) is 4.01. The van der Waals surface area contributed by atoms with Gasteiger partial charge in [0.1, 0.15) is 0 Å². The van der Waals surface area contributed by atoms with Crippen LogP contribution in [0.1, 0.15) is 13.3 Å². The number of primary amides is 1. The van der Waals surface area contributed by atoms with E-state index in [1.54, 1.807) is 6.21 Å². The molecule has 0 spiro atoms. The summed E-state index contributed by atoms with van der Waals surface area (Å²) in [6, 6.07) is -0.0116. The van der Waals surface area contributed by atoms with Gasteiger partial charge in [0.2, 0.25) is 5.91 Å². The highest BCUT2D eigenvalue weighted by atomic mass is 35.5. The molecule has 1 amide bonds. The van der Waals surface area contributed by atoms with E-state index in [4.69, 9.17) is 17.3 Å². The van der Waals surface area contributed by atoms with Crippen LogP contribution in [0.15, 0.2) is 4.99 Å². The summed E-state index contributed by atoms with van der Waals surface area (Å²) in [6.07, 6.45) is 2.28. The molecule has 3 atom stereocenters. The van der Waals surface area contributed by atoms with E-state index in [2.05, 4.69) is 4.99 Å². The van der Waals surface area contributed by atoms with Gasteiger partial charge in [-0.3, -0.25) is 9.79 Å². The molecule has 2 N–H and O–H groups in total. The first kappa shape index (κ1) is 8.53. The Kier molecular flexibility index (Phi) is 2.49. The summed E-state index contributed by atoms with van der Waals surface area (Å²) in [5.74, 6) is -0.498. The maximum atomic E-state index is 10.8. The maximum absolute atomic E-state index is 10.8. The van der Waals surface area contributed by atoms with Crippen molar-refractivity contribution in [2.45, 2.75) is 24.8 Å². The highest BCUT2D eigenvalue weighted by Crippen LogP contribution is 2.20. The Morgan fingerprint density at radius 2 is 2.45 bits per heavy atom. The van der Waals surface area contributed by atoms with E-state index in [-0.39, 0.29) is 23.2 Å². The van der Waals surface area contributed by atoms with Crippen molar-refractivity contribution in [3.63, 3.8) is 0 Å². The van der Waals surface area contributed by atoms with E-state index in [1.807, 2.05) is 6.92 Å². The van der Waals surface area contributed by atoms with Crippen molar-refractivity contribution in [1.82, 2.24) is 0 Å². The zero-order valence-electron chi connectivity index (χ0n) is 6.33. The molecule has 1 heterocycles. The summed E-state index contributed by atoms with van der Waals surface area (Å²) in [4.78, 5) is 14.9. The second-order valence-electron chi connectivity index (χ2n) is 2.80. The van der Waals surface area contributed by atoms with Crippen molar-refractivity contribution in [2.24, 2.45) is 16.6 Å². The molecule has 4 heteroatoms. The lowest BCUT2D eigenvalue weighted by atomic mass is 9.93. The highest BCUT2D eigenvalue weighted by Gasteiger charge is 2.27. The molecule has 62 valence electrons. The van der Waals surface area contributed by atoms with Gasteiger partial charge in [-0.1, -0.05) is 0 Å². The lowest BCUT2D eigenvalue weighted by Crippen LogP contribution is -2.36. The van der Waals surface area contributed by atoms with Crippen molar-refractivity contribution >= 4 is 23.7 Å². The Morgan fingerprint density at radius 3 is 2.91 bits per heavy atom. The Labute approximate surface area is 70.6 Å². The molecule has 0 saturated carbocycles. The van der Waals surface area contributed by atoms with Gasteiger partial charge in [0.25, 0.3) is 0 Å². The lowest BCUT2D eigenvalue weighted by Gasteiger charge is -2.23. The van der Waals surface area contributed by atoms with Gasteiger partial charge < -0.3 is 5.73 Å². The van der Waals surface area contributed by atoms with Crippen LogP contribution in [-0.2, 0) is 4.79 Å². The predicted octanol–water partition coefficient (Wildman–Crippen LogP) is 0.558. The fourth-order valence-electron chi connectivity index (χ4n) is 1.19. The number of alkyl halides is 1. The van der Waals surface area contributed by atoms with Crippen LogP contribution in [0.4, 0.5) is 0 Å².